The normalized spacial score (nSPS) is 11.5. The van der Waals surface area contributed by atoms with Crippen molar-refractivity contribution in [2.75, 3.05) is 7.05 Å². The predicted octanol–water partition coefficient (Wildman–Crippen LogP) is 0.777. The second kappa shape index (κ2) is 3.25. The second-order valence-corrected chi connectivity index (χ2v) is 4.24. The van der Waals surface area contributed by atoms with Gasteiger partial charge in [-0.05, 0) is 31.7 Å². The van der Waals surface area contributed by atoms with E-state index in [0.29, 0.717) is 5.56 Å². The van der Waals surface area contributed by atoms with Crippen LogP contribution in [0.25, 0.3) is 0 Å². The van der Waals surface area contributed by atoms with Crippen LogP contribution >= 0.6 is 0 Å². The summed E-state index contributed by atoms with van der Waals surface area (Å²) in [4.78, 5) is 0.248. The van der Waals surface area contributed by atoms with Crippen LogP contribution in [0.2, 0.25) is 0 Å². The SMILES string of the molecule is [CH2]c1cccc(S(=O)(=O)NC)c1. The maximum atomic E-state index is 11.2. The molecule has 0 atom stereocenters. The fourth-order valence-corrected chi connectivity index (χ4v) is 1.63. The van der Waals surface area contributed by atoms with Crippen LogP contribution < -0.4 is 4.72 Å². The van der Waals surface area contributed by atoms with E-state index in [2.05, 4.69) is 11.6 Å². The minimum atomic E-state index is -3.31. The van der Waals surface area contributed by atoms with Gasteiger partial charge in [0.25, 0.3) is 0 Å². The van der Waals surface area contributed by atoms with Crippen LogP contribution in [0.3, 0.4) is 0 Å². The average molecular weight is 184 g/mol. The quantitative estimate of drug-likeness (QED) is 0.738. The fourth-order valence-electron chi connectivity index (χ4n) is 0.831. The largest absolute Gasteiger partial charge is 0.240 e. The second-order valence-electron chi connectivity index (χ2n) is 2.35. The molecule has 1 aromatic carbocycles. The molecular weight excluding hydrogens is 174 g/mol. The summed E-state index contributed by atoms with van der Waals surface area (Å²) < 4.78 is 24.7. The molecule has 0 heterocycles. The van der Waals surface area contributed by atoms with Crippen molar-refractivity contribution in [3.05, 3.63) is 36.8 Å². The number of hydrogen-bond acceptors (Lipinski definition) is 2. The monoisotopic (exact) mass is 184 g/mol. The van der Waals surface area contributed by atoms with E-state index in [9.17, 15) is 8.42 Å². The smallest absolute Gasteiger partial charge is 0.214 e. The van der Waals surface area contributed by atoms with Crippen LogP contribution in [0.15, 0.2) is 29.2 Å². The molecule has 0 saturated carbocycles. The molecule has 0 aromatic heterocycles. The van der Waals surface area contributed by atoms with Crippen molar-refractivity contribution in [1.29, 1.82) is 0 Å². The molecule has 1 N–H and O–H groups in total. The molecule has 0 unspecified atom stereocenters. The summed E-state index contributed by atoms with van der Waals surface area (Å²) in [6, 6.07) is 6.45. The lowest BCUT2D eigenvalue weighted by molar-refractivity contribution is 0.588. The summed E-state index contributed by atoms with van der Waals surface area (Å²) in [5, 5.41) is 0. The van der Waals surface area contributed by atoms with Crippen molar-refractivity contribution in [1.82, 2.24) is 4.72 Å². The lowest BCUT2D eigenvalue weighted by Gasteiger charge is -2.01. The summed E-state index contributed by atoms with van der Waals surface area (Å²) in [6.07, 6.45) is 0. The molecule has 0 saturated heterocycles. The highest BCUT2D eigenvalue weighted by Crippen LogP contribution is 2.09. The van der Waals surface area contributed by atoms with Gasteiger partial charge in [0.2, 0.25) is 10.0 Å². The molecule has 0 fully saturated rings. The first-order chi connectivity index (χ1) is 5.56. The Morgan fingerprint density at radius 1 is 1.42 bits per heavy atom. The van der Waals surface area contributed by atoms with Gasteiger partial charge >= 0.3 is 0 Å². The summed E-state index contributed by atoms with van der Waals surface area (Å²) in [7, 11) is -1.93. The molecule has 1 rings (SSSR count). The molecule has 0 amide bonds. The van der Waals surface area contributed by atoms with Gasteiger partial charge in [-0.2, -0.15) is 0 Å². The Balaban J connectivity index is 3.21. The molecule has 4 heteroatoms. The van der Waals surface area contributed by atoms with Crippen molar-refractivity contribution in [3.8, 4) is 0 Å². The third kappa shape index (κ3) is 1.84. The minimum Gasteiger partial charge on any atom is -0.214 e. The van der Waals surface area contributed by atoms with E-state index in [1.807, 2.05) is 0 Å². The van der Waals surface area contributed by atoms with Crippen molar-refractivity contribution in [2.24, 2.45) is 0 Å². The third-order valence-electron chi connectivity index (χ3n) is 1.48. The third-order valence-corrected chi connectivity index (χ3v) is 2.89. The van der Waals surface area contributed by atoms with Crippen LogP contribution in [0, 0.1) is 6.92 Å². The number of nitrogens with one attached hydrogen (secondary N) is 1. The predicted molar refractivity (Wildman–Crippen MR) is 47.1 cm³/mol. The van der Waals surface area contributed by atoms with Crippen LogP contribution in [-0.4, -0.2) is 15.5 Å². The highest BCUT2D eigenvalue weighted by atomic mass is 32.2. The van der Waals surface area contributed by atoms with Gasteiger partial charge in [-0.15, -0.1) is 0 Å². The minimum absolute atomic E-state index is 0.248. The molecule has 0 spiro atoms. The van der Waals surface area contributed by atoms with E-state index in [-0.39, 0.29) is 4.90 Å². The first-order valence-electron chi connectivity index (χ1n) is 3.42. The molecule has 1 radical (unpaired) electrons. The standard InChI is InChI=1S/C8H10NO2S/c1-7-4-3-5-8(6-7)12(10,11)9-2/h3-6,9H,1H2,2H3. The van der Waals surface area contributed by atoms with E-state index < -0.39 is 10.0 Å². The van der Waals surface area contributed by atoms with Crippen LogP contribution in [0.1, 0.15) is 5.56 Å². The summed E-state index contributed by atoms with van der Waals surface area (Å²) in [5.41, 5.74) is 0.686. The van der Waals surface area contributed by atoms with Gasteiger partial charge in [-0.3, -0.25) is 0 Å². The van der Waals surface area contributed by atoms with Gasteiger partial charge in [-0.1, -0.05) is 12.1 Å². The Labute approximate surface area is 72.5 Å². The number of benzene rings is 1. The van der Waals surface area contributed by atoms with Gasteiger partial charge in [0.1, 0.15) is 0 Å². The first-order valence-corrected chi connectivity index (χ1v) is 4.90. The van der Waals surface area contributed by atoms with Gasteiger partial charge in [0, 0.05) is 0 Å². The number of sulfonamides is 1. The van der Waals surface area contributed by atoms with E-state index in [0.717, 1.165) is 0 Å². The zero-order chi connectivity index (χ0) is 9.19. The van der Waals surface area contributed by atoms with Gasteiger partial charge in [0.05, 0.1) is 4.90 Å². The van der Waals surface area contributed by atoms with Crippen molar-refractivity contribution < 1.29 is 8.42 Å². The van der Waals surface area contributed by atoms with E-state index >= 15 is 0 Å². The lowest BCUT2D eigenvalue weighted by Crippen LogP contribution is -2.18. The summed E-state index contributed by atoms with van der Waals surface area (Å²) in [6.45, 7) is 3.64. The molecule has 0 bridgehead atoms. The molecular formula is C8H10NO2S. The zero-order valence-electron chi connectivity index (χ0n) is 6.74. The average Bonchev–Trinajstić information content (AvgIpc) is 2.05. The molecule has 12 heavy (non-hydrogen) atoms. The fraction of sp³-hybridized carbons (Fsp3) is 0.125. The molecule has 1 aromatic rings. The van der Waals surface area contributed by atoms with Crippen molar-refractivity contribution >= 4 is 10.0 Å². The lowest BCUT2D eigenvalue weighted by atomic mass is 10.2. The van der Waals surface area contributed by atoms with E-state index in [1.165, 1.54) is 19.2 Å². The van der Waals surface area contributed by atoms with Crippen molar-refractivity contribution in [3.63, 3.8) is 0 Å². The summed E-state index contributed by atoms with van der Waals surface area (Å²) in [5.74, 6) is 0. The molecule has 65 valence electrons. The van der Waals surface area contributed by atoms with E-state index in [1.54, 1.807) is 12.1 Å². The maximum Gasteiger partial charge on any atom is 0.240 e. The van der Waals surface area contributed by atoms with Crippen LogP contribution in [0.4, 0.5) is 0 Å². The Kier molecular flexibility index (Phi) is 2.49. The molecule has 0 aliphatic heterocycles. The molecule has 3 nitrogen and oxygen atoms in total. The number of hydrogen-bond donors (Lipinski definition) is 1. The Bertz CT molecular complexity index is 370. The zero-order valence-corrected chi connectivity index (χ0v) is 7.56. The topological polar surface area (TPSA) is 46.2 Å². The first kappa shape index (κ1) is 9.22. The van der Waals surface area contributed by atoms with Gasteiger partial charge < -0.3 is 0 Å². The van der Waals surface area contributed by atoms with Crippen molar-refractivity contribution in [2.45, 2.75) is 4.90 Å². The number of rotatable bonds is 2. The maximum absolute atomic E-state index is 11.2. The Morgan fingerprint density at radius 2 is 2.08 bits per heavy atom. The van der Waals surface area contributed by atoms with Crippen LogP contribution in [-0.2, 0) is 10.0 Å². The van der Waals surface area contributed by atoms with Crippen LogP contribution in [0.5, 0.6) is 0 Å². The highest BCUT2D eigenvalue weighted by molar-refractivity contribution is 7.89. The summed E-state index contributed by atoms with van der Waals surface area (Å²) >= 11 is 0. The van der Waals surface area contributed by atoms with E-state index in [4.69, 9.17) is 0 Å². The van der Waals surface area contributed by atoms with Gasteiger partial charge in [-0.25, -0.2) is 13.1 Å². The Morgan fingerprint density at radius 3 is 2.58 bits per heavy atom. The highest BCUT2D eigenvalue weighted by Gasteiger charge is 2.09. The van der Waals surface area contributed by atoms with Gasteiger partial charge in [0.15, 0.2) is 0 Å². The molecule has 0 aliphatic carbocycles. The Hall–Kier alpha value is -0.870. The molecule has 0 aliphatic rings.